The molecule has 0 saturated carbocycles. The highest BCUT2D eigenvalue weighted by Gasteiger charge is 2.14. The van der Waals surface area contributed by atoms with Crippen LogP contribution in [0.4, 0.5) is 0 Å². The summed E-state index contributed by atoms with van der Waals surface area (Å²) in [6.45, 7) is -0.549. The molecule has 0 radical (unpaired) electrons. The summed E-state index contributed by atoms with van der Waals surface area (Å²) >= 11 is 0. The van der Waals surface area contributed by atoms with Crippen molar-refractivity contribution in [2.45, 2.75) is 6.61 Å². The Balaban J connectivity index is 1.51. The topological polar surface area (TPSA) is 114 Å². The number of methoxy groups -OCH3 is 1. The fourth-order valence-electron chi connectivity index (χ4n) is 2.01. The third-order valence-electron chi connectivity index (χ3n) is 3.22. The molecule has 3 rings (SSSR count). The Labute approximate surface area is 147 Å². The predicted molar refractivity (Wildman–Crippen MR) is 85.7 cm³/mol. The molecule has 0 spiro atoms. The van der Waals surface area contributed by atoms with Gasteiger partial charge < -0.3 is 23.0 Å². The Morgan fingerprint density at radius 3 is 2.85 bits per heavy atom. The van der Waals surface area contributed by atoms with Crippen molar-refractivity contribution in [3.05, 3.63) is 48.0 Å². The number of rotatable bonds is 8. The lowest BCUT2D eigenvalue weighted by Crippen LogP contribution is -2.15. The van der Waals surface area contributed by atoms with Crippen LogP contribution < -0.4 is 9.47 Å². The standard InChI is InChI=1S/C17H14N2O7/c1-22-14-7-11(8-20)4-5-12(14)24-10-16(21)25-9-15-18-19-17(26-15)13-3-2-6-23-13/h2-8H,9-10H2,1H3. The maximum atomic E-state index is 11.8. The molecule has 9 nitrogen and oxygen atoms in total. The van der Waals surface area contributed by atoms with E-state index >= 15 is 0 Å². The van der Waals surface area contributed by atoms with Crippen LogP contribution in [-0.4, -0.2) is 36.2 Å². The first-order valence-corrected chi connectivity index (χ1v) is 7.47. The van der Waals surface area contributed by atoms with E-state index in [0.29, 0.717) is 29.1 Å². The number of furan rings is 1. The van der Waals surface area contributed by atoms with Crippen LogP contribution in [0.25, 0.3) is 11.7 Å². The summed E-state index contributed by atoms with van der Waals surface area (Å²) in [6.07, 6.45) is 2.16. The van der Waals surface area contributed by atoms with Gasteiger partial charge in [0, 0.05) is 5.56 Å². The fourth-order valence-corrected chi connectivity index (χ4v) is 2.01. The van der Waals surface area contributed by atoms with Crippen LogP contribution in [0.1, 0.15) is 16.2 Å². The third kappa shape index (κ3) is 4.07. The second-order valence-electron chi connectivity index (χ2n) is 4.96. The third-order valence-corrected chi connectivity index (χ3v) is 3.22. The van der Waals surface area contributed by atoms with Gasteiger partial charge in [-0.25, -0.2) is 4.79 Å². The van der Waals surface area contributed by atoms with Crippen molar-refractivity contribution in [2.75, 3.05) is 13.7 Å². The summed E-state index contributed by atoms with van der Waals surface area (Å²) in [5, 5.41) is 7.55. The van der Waals surface area contributed by atoms with E-state index in [2.05, 4.69) is 10.2 Å². The van der Waals surface area contributed by atoms with E-state index in [1.54, 1.807) is 18.2 Å². The van der Waals surface area contributed by atoms with Crippen molar-refractivity contribution in [3.8, 4) is 23.1 Å². The van der Waals surface area contributed by atoms with Crippen LogP contribution in [0, 0.1) is 0 Å². The summed E-state index contributed by atoms with van der Waals surface area (Å²) in [7, 11) is 1.43. The Kier molecular flexibility index (Phi) is 5.28. The highest BCUT2D eigenvalue weighted by molar-refractivity contribution is 5.76. The average Bonchev–Trinajstić information content (AvgIpc) is 3.35. The molecule has 26 heavy (non-hydrogen) atoms. The van der Waals surface area contributed by atoms with Crippen LogP contribution in [-0.2, 0) is 16.1 Å². The largest absolute Gasteiger partial charge is 0.493 e. The Morgan fingerprint density at radius 1 is 1.23 bits per heavy atom. The number of hydrogen-bond donors (Lipinski definition) is 0. The number of carbonyl (C=O) groups is 2. The number of aromatic nitrogens is 2. The molecule has 3 aromatic rings. The van der Waals surface area contributed by atoms with E-state index in [1.807, 2.05) is 0 Å². The van der Waals surface area contributed by atoms with E-state index in [9.17, 15) is 9.59 Å². The molecule has 0 atom stereocenters. The predicted octanol–water partition coefficient (Wildman–Crippen LogP) is 2.27. The van der Waals surface area contributed by atoms with Crippen molar-refractivity contribution >= 4 is 12.3 Å². The lowest BCUT2D eigenvalue weighted by atomic mass is 10.2. The molecule has 0 fully saturated rings. The summed E-state index contributed by atoms with van der Waals surface area (Å²) in [5.74, 6) is 0.749. The Hall–Kier alpha value is -3.62. The zero-order valence-electron chi connectivity index (χ0n) is 13.7. The lowest BCUT2D eigenvalue weighted by Gasteiger charge is -2.10. The van der Waals surface area contributed by atoms with E-state index < -0.39 is 5.97 Å². The van der Waals surface area contributed by atoms with E-state index in [0.717, 1.165) is 0 Å². The molecule has 0 bridgehead atoms. The molecule has 0 aliphatic heterocycles. The fraction of sp³-hybridized carbons (Fsp3) is 0.176. The molecule has 134 valence electrons. The van der Waals surface area contributed by atoms with Gasteiger partial charge >= 0.3 is 5.97 Å². The maximum absolute atomic E-state index is 11.8. The highest BCUT2D eigenvalue weighted by atomic mass is 16.6. The van der Waals surface area contributed by atoms with Gasteiger partial charge in [0.1, 0.15) is 6.29 Å². The van der Waals surface area contributed by atoms with Crippen LogP contribution in [0.2, 0.25) is 0 Å². The van der Waals surface area contributed by atoms with Gasteiger partial charge in [0.05, 0.1) is 13.4 Å². The molecule has 1 aromatic carbocycles. The number of aldehydes is 1. The van der Waals surface area contributed by atoms with Crippen LogP contribution in [0.3, 0.4) is 0 Å². The summed E-state index contributed by atoms with van der Waals surface area (Å²) in [5.41, 5.74) is 0.431. The minimum atomic E-state index is -0.635. The Bertz CT molecular complexity index is 886. The molecule has 0 N–H and O–H groups in total. The molecular formula is C17H14N2O7. The first-order chi connectivity index (χ1) is 12.7. The minimum Gasteiger partial charge on any atom is -0.493 e. The Morgan fingerprint density at radius 2 is 2.12 bits per heavy atom. The summed E-state index contributed by atoms with van der Waals surface area (Å²) < 4.78 is 25.9. The molecule has 2 heterocycles. The van der Waals surface area contributed by atoms with Gasteiger partial charge in [-0.15, -0.1) is 10.2 Å². The zero-order chi connectivity index (χ0) is 18.4. The SMILES string of the molecule is COc1cc(C=O)ccc1OCC(=O)OCc1nnc(-c2ccco2)o1. The number of ether oxygens (including phenoxy) is 3. The molecule has 9 heteroatoms. The first-order valence-electron chi connectivity index (χ1n) is 7.47. The molecule has 0 unspecified atom stereocenters. The zero-order valence-corrected chi connectivity index (χ0v) is 13.7. The molecule has 0 amide bonds. The average molecular weight is 358 g/mol. The van der Waals surface area contributed by atoms with Crippen LogP contribution in [0.5, 0.6) is 11.5 Å². The van der Waals surface area contributed by atoms with Gasteiger partial charge in [-0.3, -0.25) is 4.79 Å². The van der Waals surface area contributed by atoms with Crippen molar-refractivity contribution in [1.29, 1.82) is 0 Å². The normalized spacial score (nSPS) is 10.3. The first kappa shape index (κ1) is 17.2. The van der Waals surface area contributed by atoms with Gasteiger partial charge in [-0.2, -0.15) is 0 Å². The van der Waals surface area contributed by atoms with E-state index in [1.165, 1.54) is 25.5 Å². The number of nitrogens with zero attached hydrogens (tertiary/aromatic N) is 2. The van der Waals surface area contributed by atoms with Crippen molar-refractivity contribution in [3.63, 3.8) is 0 Å². The maximum Gasteiger partial charge on any atom is 0.344 e. The van der Waals surface area contributed by atoms with Gasteiger partial charge in [-0.1, -0.05) is 0 Å². The van der Waals surface area contributed by atoms with Gasteiger partial charge in [-0.05, 0) is 30.3 Å². The molecular weight excluding hydrogens is 344 g/mol. The second kappa shape index (κ2) is 7.97. The summed E-state index contributed by atoms with van der Waals surface area (Å²) in [4.78, 5) is 22.5. The second-order valence-corrected chi connectivity index (χ2v) is 4.96. The number of hydrogen-bond acceptors (Lipinski definition) is 9. The van der Waals surface area contributed by atoms with Gasteiger partial charge in [0.2, 0.25) is 0 Å². The van der Waals surface area contributed by atoms with Gasteiger partial charge in [0.15, 0.2) is 30.5 Å². The van der Waals surface area contributed by atoms with Gasteiger partial charge in [0.25, 0.3) is 11.8 Å². The highest BCUT2D eigenvalue weighted by Crippen LogP contribution is 2.27. The van der Waals surface area contributed by atoms with Crippen LogP contribution in [0.15, 0.2) is 45.4 Å². The monoisotopic (exact) mass is 358 g/mol. The van der Waals surface area contributed by atoms with E-state index in [4.69, 9.17) is 23.0 Å². The van der Waals surface area contributed by atoms with Crippen LogP contribution >= 0.6 is 0 Å². The summed E-state index contributed by atoms with van der Waals surface area (Å²) in [6, 6.07) is 7.93. The van der Waals surface area contributed by atoms with Crippen molar-refractivity contribution in [2.24, 2.45) is 0 Å². The number of benzene rings is 1. The quantitative estimate of drug-likeness (QED) is 0.442. The molecule has 2 aromatic heterocycles. The molecule has 0 aliphatic rings. The number of esters is 1. The molecule has 0 saturated heterocycles. The van der Waals surface area contributed by atoms with Crippen molar-refractivity contribution < 1.29 is 32.6 Å². The molecule has 0 aliphatic carbocycles. The number of carbonyl (C=O) groups excluding carboxylic acids is 2. The lowest BCUT2D eigenvalue weighted by molar-refractivity contribution is -0.148. The van der Waals surface area contributed by atoms with Crippen molar-refractivity contribution in [1.82, 2.24) is 10.2 Å². The smallest absolute Gasteiger partial charge is 0.344 e. The van der Waals surface area contributed by atoms with E-state index in [-0.39, 0.29) is 25.0 Å². The minimum absolute atomic E-state index is 0.123.